The molecule has 3 unspecified atom stereocenters. The molecule has 4 heteroatoms. The van der Waals surface area contributed by atoms with Crippen molar-refractivity contribution in [3.8, 4) is 0 Å². The van der Waals surface area contributed by atoms with Crippen molar-refractivity contribution >= 4 is 17.7 Å². The van der Waals surface area contributed by atoms with Crippen molar-refractivity contribution in [2.45, 2.75) is 57.8 Å². The van der Waals surface area contributed by atoms with Crippen LogP contribution in [-0.2, 0) is 4.79 Å². The standard InChI is InChI=1S/C12H22N2OS/c1-3-5-11-13-9(2)12(15)14(11)10-6-4-7-16-8-10/h9-11,13H,3-8H2,1-2H3. The highest BCUT2D eigenvalue weighted by Crippen LogP contribution is 2.27. The van der Waals surface area contributed by atoms with Crippen LogP contribution in [0.3, 0.4) is 0 Å². The van der Waals surface area contributed by atoms with Gasteiger partial charge in [0, 0.05) is 11.8 Å². The Morgan fingerprint density at radius 1 is 1.56 bits per heavy atom. The Balaban J connectivity index is 2.05. The second-order valence-electron chi connectivity index (χ2n) is 4.81. The molecular formula is C12H22N2OS. The lowest BCUT2D eigenvalue weighted by Crippen LogP contribution is -2.46. The molecule has 2 rings (SSSR count). The van der Waals surface area contributed by atoms with Gasteiger partial charge in [0.15, 0.2) is 0 Å². The average Bonchev–Trinajstić information content (AvgIpc) is 2.57. The molecule has 0 spiro atoms. The van der Waals surface area contributed by atoms with Crippen molar-refractivity contribution in [1.82, 2.24) is 10.2 Å². The molecule has 0 aromatic rings. The van der Waals surface area contributed by atoms with Crippen molar-refractivity contribution in [1.29, 1.82) is 0 Å². The van der Waals surface area contributed by atoms with Gasteiger partial charge >= 0.3 is 0 Å². The van der Waals surface area contributed by atoms with E-state index in [1.807, 2.05) is 18.7 Å². The van der Waals surface area contributed by atoms with Crippen LogP contribution < -0.4 is 5.32 Å². The van der Waals surface area contributed by atoms with Crippen LogP contribution in [0.1, 0.15) is 39.5 Å². The highest BCUT2D eigenvalue weighted by Gasteiger charge is 2.39. The van der Waals surface area contributed by atoms with Crippen molar-refractivity contribution < 1.29 is 4.79 Å². The monoisotopic (exact) mass is 242 g/mol. The maximum Gasteiger partial charge on any atom is 0.241 e. The molecule has 92 valence electrons. The van der Waals surface area contributed by atoms with Crippen LogP contribution in [0.2, 0.25) is 0 Å². The zero-order chi connectivity index (χ0) is 11.5. The van der Waals surface area contributed by atoms with Gasteiger partial charge in [-0.2, -0.15) is 11.8 Å². The van der Waals surface area contributed by atoms with Gasteiger partial charge in [-0.25, -0.2) is 0 Å². The molecule has 0 aromatic heterocycles. The fourth-order valence-corrected chi connectivity index (χ4v) is 3.83. The normalized spacial score (nSPS) is 35.8. The molecular weight excluding hydrogens is 220 g/mol. The number of carbonyl (C=O) groups is 1. The van der Waals surface area contributed by atoms with Gasteiger partial charge in [-0.15, -0.1) is 0 Å². The first-order valence-corrected chi connectivity index (χ1v) is 7.55. The predicted molar refractivity (Wildman–Crippen MR) is 68.5 cm³/mol. The van der Waals surface area contributed by atoms with E-state index < -0.39 is 0 Å². The van der Waals surface area contributed by atoms with Gasteiger partial charge in [-0.05, 0) is 31.9 Å². The van der Waals surface area contributed by atoms with Gasteiger partial charge in [-0.3, -0.25) is 10.1 Å². The molecule has 1 N–H and O–H groups in total. The minimum atomic E-state index is 0.0171. The number of nitrogens with one attached hydrogen (secondary N) is 1. The summed E-state index contributed by atoms with van der Waals surface area (Å²) < 4.78 is 0. The zero-order valence-corrected chi connectivity index (χ0v) is 11.1. The molecule has 0 aliphatic carbocycles. The van der Waals surface area contributed by atoms with Crippen LogP contribution in [0.15, 0.2) is 0 Å². The van der Waals surface area contributed by atoms with Crippen molar-refractivity contribution in [3.05, 3.63) is 0 Å². The number of thioether (sulfide) groups is 1. The second-order valence-corrected chi connectivity index (χ2v) is 5.96. The molecule has 16 heavy (non-hydrogen) atoms. The number of hydrogen-bond donors (Lipinski definition) is 1. The summed E-state index contributed by atoms with van der Waals surface area (Å²) in [7, 11) is 0. The van der Waals surface area contributed by atoms with Gasteiger partial charge in [0.2, 0.25) is 5.91 Å². The van der Waals surface area contributed by atoms with E-state index in [1.54, 1.807) is 0 Å². The lowest BCUT2D eigenvalue weighted by molar-refractivity contribution is -0.131. The molecule has 0 radical (unpaired) electrons. The molecule has 0 bridgehead atoms. The van der Waals surface area contributed by atoms with E-state index in [2.05, 4.69) is 17.1 Å². The summed E-state index contributed by atoms with van der Waals surface area (Å²) in [6, 6.07) is 0.490. The summed E-state index contributed by atoms with van der Waals surface area (Å²) in [4.78, 5) is 14.3. The number of carbonyl (C=O) groups excluding carboxylic acids is 1. The molecule has 2 aliphatic heterocycles. The third-order valence-corrected chi connectivity index (χ3v) is 4.69. The Kier molecular flexibility index (Phi) is 4.14. The van der Waals surface area contributed by atoms with Crippen molar-refractivity contribution in [3.63, 3.8) is 0 Å². The van der Waals surface area contributed by atoms with Gasteiger partial charge in [0.1, 0.15) is 0 Å². The fraction of sp³-hybridized carbons (Fsp3) is 0.917. The first-order chi connectivity index (χ1) is 7.74. The smallest absolute Gasteiger partial charge is 0.241 e. The molecule has 2 aliphatic rings. The highest BCUT2D eigenvalue weighted by atomic mass is 32.2. The molecule has 2 heterocycles. The Morgan fingerprint density at radius 3 is 3.00 bits per heavy atom. The molecule has 2 saturated heterocycles. The first kappa shape index (κ1) is 12.2. The molecule has 1 amide bonds. The summed E-state index contributed by atoms with van der Waals surface area (Å²) in [5.74, 6) is 2.70. The van der Waals surface area contributed by atoms with Crippen LogP contribution >= 0.6 is 11.8 Å². The van der Waals surface area contributed by atoms with Crippen LogP contribution in [0, 0.1) is 0 Å². The minimum Gasteiger partial charge on any atom is -0.322 e. The third kappa shape index (κ3) is 2.38. The van der Waals surface area contributed by atoms with E-state index in [0.29, 0.717) is 11.9 Å². The van der Waals surface area contributed by atoms with E-state index in [-0.39, 0.29) is 12.2 Å². The average molecular weight is 242 g/mol. The number of nitrogens with zero attached hydrogens (tertiary/aromatic N) is 1. The molecule has 0 saturated carbocycles. The number of rotatable bonds is 3. The highest BCUT2D eigenvalue weighted by molar-refractivity contribution is 7.99. The van der Waals surface area contributed by atoms with Crippen LogP contribution in [0.4, 0.5) is 0 Å². The first-order valence-electron chi connectivity index (χ1n) is 6.40. The van der Waals surface area contributed by atoms with Crippen LogP contribution in [0.25, 0.3) is 0 Å². The predicted octanol–water partition coefficient (Wildman–Crippen LogP) is 1.83. The quantitative estimate of drug-likeness (QED) is 0.819. The van der Waals surface area contributed by atoms with E-state index in [4.69, 9.17) is 0 Å². The van der Waals surface area contributed by atoms with Crippen molar-refractivity contribution in [2.75, 3.05) is 11.5 Å². The maximum atomic E-state index is 12.1. The van der Waals surface area contributed by atoms with E-state index >= 15 is 0 Å². The Morgan fingerprint density at radius 2 is 2.38 bits per heavy atom. The van der Waals surface area contributed by atoms with Crippen LogP contribution in [-0.4, -0.2) is 40.6 Å². The van der Waals surface area contributed by atoms with E-state index in [1.165, 1.54) is 18.6 Å². The number of amides is 1. The molecule has 3 atom stereocenters. The summed E-state index contributed by atoms with van der Waals surface area (Å²) in [6.07, 6.45) is 4.95. The Labute approximate surface area is 102 Å². The van der Waals surface area contributed by atoms with Crippen molar-refractivity contribution in [2.24, 2.45) is 0 Å². The third-order valence-electron chi connectivity index (χ3n) is 3.49. The molecule has 0 aromatic carbocycles. The summed E-state index contributed by atoms with van der Waals surface area (Å²) in [5.41, 5.74) is 0. The topological polar surface area (TPSA) is 32.3 Å². The lowest BCUT2D eigenvalue weighted by atomic mass is 10.1. The van der Waals surface area contributed by atoms with Gasteiger partial charge in [0.25, 0.3) is 0 Å². The second kappa shape index (κ2) is 5.41. The van der Waals surface area contributed by atoms with E-state index in [9.17, 15) is 4.79 Å². The van der Waals surface area contributed by atoms with Gasteiger partial charge in [0.05, 0.1) is 12.2 Å². The summed E-state index contributed by atoms with van der Waals surface area (Å²) in [6.45, 7) is 4.17. The summed E-state index contributed by atoms with van der Waals surface area (Å²) in [5, 5.41) is 3.42. The Bertz CT molecular complexity index is 249. The zero-order valence-electron chi connectivity index (χ0n) is 10.2. The number of hydrogen-bond acceptors (Lipinski definition) is 3. The SMILES string of the molecule is CCCC1NC(C)C(=O)N1C1CCCSC1. The molecule has 2 fully saturated rings. The summed E-state index contributed by atoms with van der Waals surface area (Å²) >= 11 is 1.99. The van der Waals surface area contributed by atoms with Gasteiger partial charge in [-0.1, -0.05) is 13.3 Å². The van der Waals surface area contributed by atoms with Gasteiger partial charge < -0.3 is 4.90 Å². The molecule has 3 nitrogen and oxygen atoms in total. The van der Waals surface area contributed by atoms with Crippen LogP contribution in [0.5, 0.6) is 0 Å². The lowest BCUT2D eigenvalue weighted by Gasteiger charge is -2.34. The largest absolute Gasteiger partial charge is 0.322 e. The fourth-order valence-electron chi connectivity index (χ4n) is 2.69. The maximum absolute atomic E-state index is 12.1. The minimum absolute atomic E-state index is 0.0171. The van der Waals surface area contributed by atoms with E-state index in [0.717, 1.165) is 18.6 Å². The Hall–Kier alpha value is -0.220.